The molecule has 0 unspecified atom stereocenters. The van der Waals surface area contributed by atoms with Crippen molar-refractivity contribution in [2.45, 2.75) is 0 Å². The molecule has 2 aromatic rings. The smallest absolute Gasteiger partial charge is 0.269 e. The van der Waals surface area contributed by atoms with Gasteiger partial charge in [0.1, 0.15) is 6.54 Å². The maximum absolute atomic E-state index is 12.0. The van der Waals surface area contributed by atoms with Gasteiger partial charge in [-0.2, -0.15) is 5.10 Å². The summed E-state index contributed by atoms with van der Waals surface area (Å²) in [7, 11) is -3.70. The molecule has 2 rings (SSSR count). The van der Waals surface area contributed by atoms with Crippen molar-refractivity contribution < 1.29 is 18.1 Å². The van der Waals surface area contributed by atoms with E-state index in [1.165, 1.54) is 54.7 Å². The van der Waals surface area contributed by atoms with Crippen molar-refractivity contribution in [1.29, 1.82) is 0 Å². The van der Waals surface area contributed by atoms with Crippen LogP contribution in [0.4, 0.5) is 11.4 Å². The molecule has 0 saturated heterocycles. The number of carbonyl (C=O) groups excluding carboxylic acids is 1. The Morgan fingerprint density at radius 3 is 2.33 bits per heavy atom. The zero-order valence-electron chi connectivity index (χ0n) is 14.1. The number of hydrogen-bond donors (Lipinski definition) is 1. The van der Waals surface area contributed by atoms with E-state index >= 15 is 0 Å². The van der Waals surface area contributed by atoms with Gasteiger partial charge >= 0.3 is 0 Å². The first-order valence-electron chi connectivity index (χ1n) is 7.46. The summed E-state index contributed by atoms with van der Waals surface area (Å²) in [4.78, 5) is 22.1. The maximum Gasteiger partial charge on any atom is 0.269 e. The first kappa shape index (κ1) is 20.3. The van der Waals surface area contributed by atoms with Gasteiger partial charge in [0, 0.05) is 17.2 Å². The molecule has 0 atom stereocenters. The fourth-order valence-corrected chi connectivity index (χ4v) is 3.02. The molecule has 0 spiro atoms. The number of rotatable bonds is 7. The van der Waals surface area contributed by atoms with Gasteiger partial charge in [-0.05, 0) is 42.0 Å². The van der Waals surface area contributed by atoms with Crippen LogP contribution in [-0.4, -0.2) is 38.3 Å². The molecule has 11 heteroatoms. The Kier molecular flexibility index (Phi) is 6.48. The van der Waals surface area contributed by atoms with E-state index in [1.807, 2.05) is 0 Å². The van der Waals surface area contributed by atoms with Crippen molar-refractivity contribution in [3.63, 3.8) is 0 Å². The predicted octanol–water partition coefficient (Wildman–Crippen LogP) is 2.16. The Labute approximate surface area is 160 Å². The van der Waals surface area contributed by atoms with E-state index in [9.17, 15) is 23.3 Å². The first-order valence-corrected chi connectivity index (χ1v) is 9.69. The number of nitro groups is 1. The molecule has 9 nitrogen and oxygen atoms in total. The van der Waals surface area contributed by atoms with Gasteiger partial charge in [-0.1, -0.05) is 11.6 Å². The van der Waals surface area contributed by atoms with E-state index in [-0.39, 0.29) is 11.4 Å². The van der Waals surface area contributed by atoms with Gasteiger partial charge < -0.3 is 0 Å². The molecule has 0 radical (unpaired) electrons. The van der Waals surface area contributed by atoms with Crippen LogP contribution in [-0.2, 0) is 14.8 Å². The highest BCUT2D eigenvalue weighted by atomic mass is 35.5. The standard InChI is InChI=1S/C16H15ClN4O5S/c1-27(25,26)20(14-8-4-13(17)5-9-14)11-16(22)19-18-10-12-2-6-15(7-3-12)21(23)24/h2-10H,11H2,1H3,(H,19,22)/b18-10-. The highest BCUT2D eigenvalue weighted by Crippen LogP contribution is 2.20. The molecular weight excluding hydrogens is 396 g/mol. The Morgan fingerprint density at radius 1 is 1.22 bits per heavy atom. The third kappa shape index (κ3) is 6.04. The van der Waals surface area contributed by atoms with Gasteiger partial charge in [0.25, 0.3) is 11.6 Å². The molecule has 142 valence electrons. The summed E-state index contributed by atoms with van der Waals surface area (Å²) < 4.78 is 24.8. The molecule has 0 saturated carbocycles. The van der Waals surface area contributed by atoms with Crippen LogP contribution in [0.5, 0.6) is 0 Å². The van der Waals surface area contributed by atoms with E-state index in [0.29, 0.717) is 10.6 Å². The van der Waals surface area contributed by atoms with Crippen LogP contribution in [0.3, 0.4) is 0 Å². The van der Waals surface area contributed by atoms with E-state index < -0.39 is 27.4 Å². The van der Waals surface area contributed by atoms with Crippen molar-refractivity contribution >= 4 is 45.1 Å². The number of anilines is 1. The minimum Gasteiger partial charge on any atom is -0.271 e. The summed E-state index contributed by atoms with van der Waals surface area (Å²) in [6, 6.07) is 11.5. The van der Waals surface area contributed by atoms with Crippen molar-refractivity contribution in [1.82, 2.24) is 5.43 Å². The minimum atomic E-state index is -3.70. The highest BCUT2D eigenvalue weighted by molar-refractivity contribution is 7.92. The van der Waals surface area contributed by atoms with Gasteiger partial charge in [0.2, 0.25) is 10.0 Å². The topological polar surface area (TPSA) is 122 Å². The quantitative estimate of drug-likeness (QED) is 0.425. The van der Waals surface area contributed by atoms with Crippen molar-refractivity contribution in [3.05, 3.63) is 69.2 Å². The lowest BCUT2D eigenvalue weighted by Crippen LogP contribution is -2.38. The average molecular weight is 411 g/mol. The summed E-state index contributed by atoms with van der Waals surface area (Å²) in [6.07, 6.45) is 2.27. The van der Waals surface area contributed by atoms with E-state index in [4.69, 9.17) is 11.6 Å². The number of nitrogens with one attached hydrogen (secondary N) is 1. The number of benzene rings is 2. The monoisotopic (exact) mass is 410 g/mol. The molecule has 1 N–H and O–H groups in total. The van der Waals surface area contributed by atoms with E-state index in [1.54, 1.807) is 0 Å². The Morgan fingerprint density at radius 2 is 1.81 bits per heavy atom. The summed E-state index contributed by atoms with van der Waals surface area (Å²) in [5.74, 6) is -0.659. The van der Waals surface area contributed by atoms with Crippen molar-refractivity contribution in [2.24, 2.45) is 5.10 Å². The highest BCUT2D eigenvalue weighted by Gasteiger charge is 2.20. The van der Waals surface area contributed by atoms with Crippen LogP contribution in [0.2, 0.25) is 5.02 Å². The zero-order chi connectivity index (χ0) is 20.0. The van der Waals surface area contributed by atoms with Gasteiger partial charge in [-0.3, -0.25) is 19.2 Å². The average Bonchev–Trinajstić information content (AvgIpc) is 2.60. The normalized spacial score (nSPS) is 11.3. The van der Waals surface area contributed by atoms with Crippen LogP contribution in [0, 0.1) is 10.1 Å². The Hall–Kier alpha value is -2.98. The molecule has 0 fully saturated rings. The number of hydrazone groups is 1. The summed E-state index contributed by atoms with van der Waals surface area (Å²) in [5, 5.41) is 14.7. The molecule has 0 bridgehead atoms. The SMILES string of the molecule is CS(=O)(=O)N(CC(=O)N/N=C\c1ccc([N+](=O)[O-])cc1)c1ccc(Cl)cc1. The van der Waals surface area contributed by atoms with Crippen LogP contribution < -0.4 is 9.73 Å². The largest absolute Gasteiger partial charge is 0.271 e. The van der Waals surface area contributed by atoms with Crippen LogP contribution in [0.25, 0.3) is 0 Å². The van der Waals surface area contributed by atoms with Crippen LogP contribution >= 0.6 is 11.6 Å². The number of hydrogen-bond acceptors (Lipinski definition) is 6. The van der Waals surface area contributed by atoms with E-state index in [0.717, 1.165) is 10.6 Å². The van der Waals surface area contributed by atoms with Crippen LogP contribution in [0.1, 0.15) is 5.56 Å². The van der Waals surface area contributed by atoms with Gasteiger partial charge in [-0.15, -0.1) is 0 Å². The number of non-ortho nitro benzene ring substituents is 1. The number of carbonyl (C=O) groups is 1. The second-order valence-corrected chi connectivity index (χ2v) is 7.73. The second kappa shape index (κ2) is 8.60. The number of sulfonamides is 1. The third-order valence-corrected chi connectivity index (χ3v) is 4.70. The maximum atomic E-state index is 12.0. The van der Waals surface area contributed by atoms with Crippen molar-refractivity contribution in [2.75, 3.05) is 17.1 Å². The number of nitro benzene ring substituents is 1. The van der Waals surface area contributed by atoms with Gasteiger partial charge in [0.05, 0.1) is 23.1 Å². The molecule has 0 aliphatic heterocycles. The molecule has 1 amide bonds. The van der Waals surface area contributed by atoms with E-state index in [2.05, 4.69) is 10.5 Å². The second-order valence-electron chi connectivity index (χ2n) is 5.39. The summed E-state index contributed by atoms with van der Waals surface area (Å²) >= 11 is 5.79. The molecule has 27 heavy (non-hydrogen) atoms. The molecule has 0 aromatic heterocycles. The molecule has 2 aromatic carbocycles. The van der Waals surface area contributed by atoms with Gasteiger partial charge in [-0.25, -0.2) is 13.8 Å². The zero-order valence-corrected chi connectivity index (χ0v) is 15.6. The summed E-state index contributed by atoms with van der Waals surface area (Å²) in [5.41, 5.74) is 2.96. The minimum absolute atomic E-state index is 0.0667. The Balaban J connectivity index is 2.03. The third-order valence-electron chi connectivity index (χ3n) is 3.31. The summed E-state index contributed by atoms with van der Waals surface area (Å²) in [6.45, 7) is -0.474. The van der Waals surface area contributed by atoms with Crippen LogP contribution in [0.15, 0.2) is 53.6 Å². The molecule has 0 aliphatic carbocycles. The number of amides is 1. The first-order chi connectivity index (χ1) is 12.7. The lowest BCUT2D eigenvalue weighted by molar-refractivity contribution is -0.384. The number of halogens is 1. The van der Waals surface area contributed by atoms with Crippen molar-refractivity contribution in [3.8, 4) is 0 Å². The fraction of sp³-hybridized carbons (Fsp3) is 0.125. The molecule has 0 heterocycles. The predicted molar refractivity (Wildman–Crippen MR) is 102 cm³/mol. The van der Waals surface area contributed by atoms with Gasteiger partial charge in [0.15, 0.2) is 0 Å². The lowest BCUT2D eigenvalue weighted by atomic mass is 10.2. The Bertz CT molecular complexity index is 959. The number of nitrogens with zero attached hydrogens (tertiary/aromatic N) is 3. The lowest BCUT2D eigenvalue weighted by Gasteiger charge is -2.21. The fourth-order valence-electron chi connectivity index (χ4n) is 2.03. The molecular formula is C16H15ClN4O5S. The molecule has 0 aliphatic rings.